The first-order valence-electron chi connectivity index (χ1n) is 8.55. The molecule has 0 unspecified atom stereocenters. The maximum Gasteiger partial charge on any atom is 0.263 e. The van der Waals surface area contributed by atoms with E-state index in [0.29, 0.717) is 26.2 Å². The van der Waals surface area contributed by atoms with Crippen molar-refractivity contribution in [3.8, 4) is 0 Å². The number of carbonyl (C=O) groups excluding carboxylic acids is 1. The van der Waals surface area contributed by atoms with Crippen LogP contribution in [0.4, 0.5) is 0 Å². The standard InChI is InChI=1S/C19H19N5O2/c1-14-20-21-17-13-23(10-11-24(14)17)19(26)16-8-5-9-22(18(16)25)12-15-6-3-2-4-7-15/h2-9H,10-13H2,1H3. The van der Waals surface area contributed by atoms with Crippen LogP contribution in [0.2, 0.25) is 0 Å². The molecule has 7 nitrogen and oxygen atoms in total. The first-order valence-corrected chi connectivity index (χ1v) is 8.55. The highest BCUT2D eigenvalue weighted by atomic mass is 16.2. The Labute approximate surface area is 150 Å². The number of hydrogen-bond acceptors (Lipinski definition) is 4. The molecule has 0 fully saturated rings. The molecule has 0 saturated carbocycles. The normalized spacial score (nSPS) is 13.5. The summed E-state index contributed by atoms with van der Waals surface area (Å²) >= 11 is 0. The van der Waals surface area contributed by atoms with Gasteiger partial charge in [-0.05, 0) is 24.6 Å². The highest BCUT2D eigenvalue weighted by molar-refractivity contribution is 5.93. The Hall–Kier alpha value is -3.22. The number of amides is 1. The second-order valence-electron chi connectivity index (χ2n) is 6.38. The largest absolute Gasteiger partial charge is 0.329 e. The highest BCUT2D eigenvalue weighted by Gasteiger charge is 2.26. The Morgan fingerprint density at radius 2 is 1.88 bits per heavy atom. The molecule has 0 bridgehead atoms. The number of nitrogens with zero attached hydrogens (tertiary/aromatic N) is 5. The Kier molecular flexibility index (Phi) is 4.12. The predicted octanol–water partition coefficient (Wildman–Crippen LogP) is 1.45. The van der Waals surface area contributed by atoms with Crippen LogP contribution in [-0.2, 0) is 19.6 Å². The fourth-order valence-corrected chi connectivity index (χ4v) is 3.25. The summed E-state index contributed by atoms with van der Waals surface area (Å²) in [6.45, 7) is 3.89. The minimum Gasteiger partial charge on any atom is -0.329 e. The summed E-state index contributed by atoms with van der Waals surface area (Å²) in [5, 5.41) is 8.17. The predicted molar refractivity (Wildman–Crippen MR) is 95.7 cm³/mol. The zero-order valence-electron chi connectivity index (χ0n) is 14.5. The average Bonchev–Trinajstić information content (AvgIpc) is 3.04. The van der Waals surface area contributed by atoms with E-state index in [2.05, 4.69) is 10.2 Å². The van der Waals surface area contributed by atoms with Gasteiger partial charge in [-0.1, -0.05) is 30.3 Å². The van der Waals surface area contributed by atoms with E-state index >= 15 is 0 Å². The Bertz CT molecular complexity index is 1010. The number of carbonyl (C=O) groups is 1. The molecule has 0 N–H and O–H groups in total. The molecule has 0 spiro atoms. The van der Waals surface area contributed by atoms with Crippen molar-refractivity contribution >= 4 is 5.91 Å². The SMILES string of the molecule is Cc1nnc2n1CCN(C(=O)c1cccn(Cc3ccccc3)c1=O)C2. The van der Waals surface area contributed by atoms with Gasteiger partial charge in [-0.15, -0.1) is 10.2 Å². The van der Waals surface area contributed by atoms with E-state index < -0.39 is 0 Å². The molecule has 1 aromatic carbocycles. The van der Waals surface area contributed by atoms with Crippen molar-refractivity contribution in [2.45, 2.75) is 26.6 Å². The van der Waals surface area contributed by atoms with Crippen molar-refractivity contribution in [1.82, 2.24) is 24.2 Å². The van der Waals surface area contributed by atoms with E-state index in [9.17, 15) is 9.59 Å². The zero-order valence-corrected chi connectivity index (χ0v) is 14.5. The Morgan fingerprint density at radius 1 is 1.08 bits per heavy atom. The summed E-state index contributed by atoms with van der Waals surface area (Å²) in [6, 6.07) is 13.1. The molecule has 4 rings (SSSR count). The van der Waals surface area contributed by atoms with Crippen LogP contribution in [0.1, 0.15) is 27.6 Å². The minimum atomic E-state index is -0.274. The summed E-state index contributed by atoms with van der Waals surface area (Å²) in [5.41, 5.74) is 0.929. The summed E-state index contributed by atoms with van der Waals surface area (Å²) in [6.07, 6.45) is 1.71. The number of fused-ring (bicyclic) bond motifs is 1. The van der Waals surface area contributed by atoms with Gasteiger partial charge in [-0.25, -0.2) is 0 Å². The fraction of sp³-hybridized carbons (Fsp3) is 0.263. The van der Waals surface area contributed by atoms with Crippen LogP contribution in [0, 0.1) is 6.92 Å². The smallest absolute Gasteiger partial charge is 0.263 e. The number of benzene rings is 1. The summed E-state index contributed by atoms with van der Waals surface area (Å²) in [4.78, 5) is 27.3. The van der Waals surface area contributed by atoms with Gasteiger partial charge in [0, 0.05) is 19.3 Å². The zero-order chi connectivity index (χ0) is 18.1. The molecule has 0 saturated heterocycles. The van der Waals surface area contributed by atoms with Crippen molar-refractivity contribution in [2.75, 3.05) is 6.54 Å². The maximum atomic E-state index is 12.9. The second-order valence-corrected chi connectivity index (χ2v) is 6.38. The van der Waals surface area contributed by atoms with Crippen LogP contribution >= 0.6 is 0 Å². The van der Waals surface area contributed by atoms with Gasteiger partial charge in [0.2, 0.25) is 0 Å². The van der Waals surface area contributed by atoms with Gasteiger partial charge >= 0.3 is 0 Å². The lowest BCUT2D eigenvalue weighted by Gasteiger charge is -2.27. The van der Waals surface area contributed by atoms with Crippen LogP contribution in [0.5, 0.6) is 0 Å². The van der Waals surface area contributed by atoms with E-state index in [1.54, 1.807) is 27.8 Å². The van der Waals surface area contributed by atoms with Crippen LogP contribution in [0.3, 0.4) is 0 Å². The van der Waals surface area contributed by atoms with Crippen LogP contribution < -0.4 is 5.56 Å². The molecule has 0 aliphatic carbocycles. The molecule has 1 aliphatic heterocycles. The molecule has 2 aromatic heterocycles. The van der Waals surface area contributed by atoms with Gasteiger partial charge in [-0.3, -0.25) is 9.59 Å². The average molecular weight is 349 g/mol. The van der Waals surface area contributed by atoms with Crippen LogP contribution in [-0.4, -0.2) is 36.7 Å². The molecule has 1 aliphatic rings. The van der Waals surface area contributed by atoms with Gasteiger partial charge in [0.1, 0.15) is 11.4 Å². The van der Waals surface area contributed by atoms with E-state index in [0.717, 1.165) is 17.2 Å². The van der Waals surface area contributed by atoms with E-state index in [4.69, 9.17) is 0 Å². The van der Waals surface area contributed by atoms with Crippen molar-refractivity contribution in [2.24, 2.45) is 0 Å². The van der Waals surface area contributed by atoms with E-state index in [-0.39, 0.29) is 17.0 Å². The van der Waals surface area contributed by atoms with Gasteiger partial charge in [0.25, 0.3) is 11.5 Å². The summed E-state index contributed by atoms with van der Waals surface area (Å²) < 4.78 is 3.57. The maximum absolute atomic E-state index is 12.9. The third-order valence-corrected chi connectivity index (χ3v) is 4.67. The van der Waals surface area contributed by atoms with E-state index in [1.165, 1.54) is 0 Å². The van der Waals surface area contributed by atoms with Crippen molar-refractivity contribution in [3.05, 3.63) is 81.8 Å². The third-order valence-electron chi connectivity index (χ3n) is 4.67. The molecular weight excluding hydrogens is 330 g/mol. The number of aryl methyl sites for hydroxylation is 1. The van der Waals surface area contributed by atoms with Crippen molar-refractivity contribution in [3.63, 3.8) is 0 Å². The van der Waals surface area contributed by atoms with Crippen LogP contribution in [0.25, 0.3) is 0 Å². The molecule has 26 heavy (non-hydrogen) atoms. The highest BCUT2D eigenvalue weighted by Crippen LogP contribution is 2.14. The number of aromatic nitrogens is 4. The van der Waals surface area contributed by atoms with E-state index in [1.807, 2.05) is 41.8 Å². The second kappa shape index (κ2) is 6.59. The fourth-order valence-electron chi connectivity index (χ4n) is 3.25. The van der Waals surface area contributed by atoms with Crippen molar-refractivity contribution < 1.29 is 4.79 Å². The molecule has 0 atom stereocenters. The monoisotopic (exact) mass is 349 g/mol. The van der Waals surface area contributed by atoms with Gasteiger partial charge in [0.15, 0.2) is 5.82 Å². The van der Waals surface area contributed by atoms with Crippen molar-refractivity contribution in [1.29, 1.82) is 0 Å². The van der Waals surface area contributed by atoms with Gasteiger partial charge in [-0.2, -0.15) is 0 Å². The molecule has 1 amide bonds. The molecule has 0 radical (unpaired) electrons. The van der Waals surface area contributed by atoms with Crippen LogP contribution in [0.15, 0.2) is 53.5 Å². The molecule has 7 heteroatoms. The number of rotatable bonds is 3. The molecule has 3 heterocycles. The minimum absolute atomic E-state index is 0.188. The van der Waals surface area contributed by atoms with Gasteiger partial charge < -0.3 is 14.0 Å². The Balaban J connectivity index is 1.59. The summed E-state index contributed by atoms with van der Waals surface area (Å²) in [5.74, 6) is 1.34. The molecule has 132 valence electrons. The molecule has 3 aromatic rings. The number of hydrogen-bond donors (Lipinski definition) is 0. The lowest BCUT2D eigenvalue weighted by atomic mass is 10.2. The number of pyridine rings is 1. The topological polar surface area (TPSA) is 73.0 Å². The first kappa shape index (κ1) is 16.3. The first-order chi connectivity index (χ1) is 12.6. The quantitative estimate of drug-likeness (QED) is 0.717. The lowest BCUT2D eigenvalue weighted by molar-refractivity contribution is 0.0704. The Morgan fingerprint density at radius 3 is 2.69 bits per heavy atom. The lowest BCUT2D eigenvalue weighted by Crippen LogP contribution is -2.41. The summed E-state index contributed by atoms with van der Waals surface area (Å²) in [7, 11) is 0. The third kappa shape index (κ3) is 2.92. The molecular formula is C19H19N5O2. The van der Waals surface area contributed by atoms with Gasteiger partial charge in [0.05, 0.1) is 13.1 Å².